The molecule has 5 rings (SSSR count). The van der Waals surface area contributed by atoms with E-state index in [1.807, 2.05) is 67.6 Å². The van der Waals surface area contributed by atoms with Crippen molar-refractivity contribution >= 4 is 17.5 Å². The van der Waals surface area contributed by atoms with Gasteiger partial charge >= 0.3 is 0 Å². The molecule has 3 aromatic rings. The Morgan fingerprint density at radius 2 is 1.86 bits per heavy atom. The quantitative estimate of drug-likeness (QED) is 0.436. The highest BCUT2D eigenvalue weighted by molar-refractivity contribution is 5.92. The van der Waals surface area contributed by atoms with Crippen molar-refractivity contribution in [1.29, 1.82) is 0 Å². The van der Waals surface area contributed by atoms with Gasteiger partial charge in [0.1, 0.15) is 18.0 Å². The van der Waals surface area contributed by atoms with Gasteiger partial charge in [0, 0.05) is 29.6 Å². The number of hydrogen-bond donors (Lipinski definition) is 3. The SMILES string of the molecule is C[C@H](NC(=O)C[C@H]1C[C@@H]2c3cc(NC(=O)Cc4ccncc4)ccc3O[C@@H]2[C@@H](CO)O1)c1ccccc1. The maximum atomic E-state index is 12.8. The second kappa shape index (κ2) is 11.1. The number of carbonyl (C=O) groups excluding carboxylic acids is 2. The van der Waals surface area contributed by atoms with Crippen molar-refractivity contribution in [2.24, 2.45) is 0 Å². The van der Waals surface area contributed by atoms with Crippen LogP contribution in [0.3, 0.4) is 0 Å². The lowest BCUT2D eigenvalue weighted by molar-refractivity contribution is -0.142. The molecular formula is C29H31N3O5. The van der Waals surface area contributed by atoms with Gasteiger partial charge in [-0.05, 0) is 54.8 Å². The van der Waals surface area contributed by atoms with Gasteiger partial charge in [0.05, 0.1) is 31.6 Å². The number of anilines is 1. The first-order valence-electron chi connectivity index (χ1n) is 12.6. The van der Waals surface area contributed by atoms with Gasteiger partial charge in [-0.2, -0.15) is 0 Å². The number of aliphatic hydroxyl groups excluding tert-OH is 1. The Morgan fingerprint density at radius 1 is 1.08 bits per heavy atom. The maximum Gasteiger partial charge on any atom is 0.228 e. The second-order valence-corrected chi connectivity index (χ2v) is 9.64. The summed E-state index contributed by atoms with van der Waals surface area (Å²) in [7, 11) is 0. The van der Waals surface area contributed by atoms with Gasteiger partial charge < -0.3 is 25.2 Å². The third kappa shape index (κ3) is 5.81. The molecule has 1 aromatic heterocycles. The highest BCUT2D eigenvalue weighted by Gasteiger charge is 2.46. The summed E-state index contributed by atoms with van der Waals surface area (Å²) in [4.78, 5) is 29.4. The summed E-state index contributed by atoms with van der Waals surface area (Å²) in [5.41, 5.74) is 3.55. The first kappa shape index (κ1) is 24.9. The molecule has 1 fully saturated rings. The predicted octanol–water partition coefficient (Wildman–Crippen LogP) is 3.52. The van der Waals surface area contributed by atoms with Crippen molar-refractivity contribution in [3.63, 3.8) is 0 Å². The van der Waals surface area contributed by atoms with Crippen LogP contribution in [0, 0.1) is 0 Å². The van der Waals surface area contributed by atoms with E-state index in [1.54, 1.807) is 12.4 Å². The average molecular weight is 502 g/mol. The molecule has 0 unspecified atom stereocenters. The van der Waals surface area contributed by atoms with Crippen LogP contribution < -0.4 is 15.4 Å². The molecule has 37 heavy (non-hydrogen) atoms. The summed E-state index contributed by atoms with van der Waals surface area (Å²) < 4.78 is 12.2. The number of aliphatic hydroxyl groups is 1. The normalized spacial score (nSPS) is 22.8. The van der Waals surface area contributed by atoms with Crippen LogP contribution in [-0.2, 0) is 20.7 Å². The monoisotopic (exact) mass is 501 g/mol. The molecule has 0 radical (unpaired) electrons. The molecule has 0 spiro atoms. The first-order valence-corrected chi connectivity index (χ1v) is 12.6. The van der Waals surface area contributed by atoms with Crippen LogP contribution in [0.1, 0.15) is 48.4 Å². The van der Waals surface area contributed by atoms with Crippen molar-refractivity contribution in [3.05, 3.63) is 89.7 Å². The fourth-order valence-corrected chi connectivity index (χ4v) is 5.19. The minimum atomic E-state index is -0.541. The molecule has 8 heteroatoms. The van der Waals surface area contributed by atoms with Gasteiger partial charge in [-0.3, -0.25) is 14.6 Å². The van der Waals surface area contributed by atoms with Gasteiger partial charge in [0.25, 0.3) is 0 Å². The molecule has 2 aliphatic heterocycles. The van der Waals surface area contributed by atoms with Gasteiger partial charge in [-0.15, -0.1) is 0 Å². The number of amides is 2. The van der Waals surface area contributed by atoms with Crippen LogP contribution >= 0.6 is 0 Å². The number of rotatable bonds is 8. The number of carbonyl (C=O) groups is 2. The van der Waals surface area contributed by atoms with E-state index < -0.39 is 6.10 Å². The summed E-state index contributed by atoms with van der Waals surface area (Å²) in [6.07, 6.45) is 3.10. The zero-order valence-corrected chi connectivity index (χ0v) is 20.7. The van der Waals surface area contributed by atoms with Crippen molar-refractivity contribution < 1.29 is 24.2 Å². The van der Waals surface area contributed by atoms with E-state index in [0.717, 1.165) is 16.7 Å². The summed E-state index contributed by atoms with van der Waals surface area (Å²) in [6.45, 7) is 1.75. The minimum absolute atomic E-state index is 0.0534. The van der Waals surface area contributed by atoms with E-state index in [-0.39, 0.29) is 55.4 Å². The Morgan fingerprint density at radius 3 is 2.62 bits per heavy atom. The maximum absolute atomic E-state index is 12.8. The zero-order chi connectivity index (χ0) is 25.8. The molecule has 3 heterocycles. The van der Waals surface area contributed by atoms with Crippen molar-refractivity contribution in [3.8, 4) is 5.75 Å². The predicted molar refractivity (Wildman–Crippen MR) is 138 cm³/mol. The first-order chi connectivity index (χ1) is 18.0. The van der Waals surface area contributed by atoms with E-state index in [1.165, 1.54) is 0 Å². The molecule has 2 amide bonds. The zero-order valence-electron chi connectivity index (χ0n) is 20.7. The number of nitrogens with zero attached hydrogens (tertiary/aromatic N) is 1. The van der Waals surface area contributed by atoms with E-state index >= 15 is 0 Å². The molecule has 2 aromatic carbocycles. The van der Waals surface area contributed by atoms with Crippen molar-refractivity contribution in [2.45, 2.75) is 56.5 Å². The highest BCUT2D eigenvalue weighted by atomic mass is 16.6. The van der Waals surface area contributed by atoms with Crippen molar-refractivity contribution in [1.82, 2.24) is 10.3 Å². The van der Waals surface area contributed by atoms with Crippen LogP contribution in [0.4, 0.5) is 5.69 Å². The molecule has 0 bridgehead atoms. The Hall–Kier alpha value is -3.75. The lowest BCUT2D eigenvalue weighted by atomic mass is 9.84. The van der Waals surface area contributed by atoms with Crippen LogP contribution in [0.2, 0.25) is 0 Å². The van der Waals surface area contributed by atoms with Gasteiger partial charge in [-0.25, -0.2) is 0 Å². The molecule has 8 nitrogen and oxygen atoms in total. The van der Waals surface area contributed by atoms with E-state index in [4.69, 9.17) is 9.47 Å². The molecule has 0 aliphatic carbocycles. The molecule has 3 N–H and O–H groups in total. The van der Waals surface area contributed by atoms with Crippen LogP contribution in [0.5, 0.6) is 5.75 Å². The molecule has 5 atom stereocenters. The summed E-state index contributed by atoms with van der Waals surface area (Å²) in [6, 6.07) is 18.9. The smallest absolute Gasteiger partial charge is 0.228 e. The van der Waals surface area contributed by atoms with E-state index in [9.17, 15) is 14.7 Å². The third-order valence-electron chi connectivity index (χ3n) is 6.99. The molecule has 2 aliphatic rings. The van der Waals surface area contributed by atoms with Crippen LogP contribution in [-0.4, -0.2) is 46.8 Å². The molecule has 0 saturated carbocycles. The highest BCUT2D eigenvalue weighted by Crippen LogP contribution is 2.47. The summed E-state index contributed by atoms with van der Waals surface area (Å²) >= 11 is 0. The standard InChI is InChI=1S/C29H31N3O5/c1-18(20-5-3-2-4-6-20)31-28(35)16-22-15-24-23-14-21(32-27(34)13-19-9-11-30-12-10-19)7-8-25(23)37-29(24)26(17-33)36-22/h2-12,14,18,22,24,26,29,33H,13,15-17H2,1H3,(H,31,35)(H,32,34)/t18-,22+,24+,26+,29-/m0/s1. The second-order valence-electron chi connectivity index (χ2n) is 9.64. The fourth-order valence-electron chi connectivity index (χ4n) is 5.19. The number of aromatic nitrogens is 1. The summed E-state index contributed by atoms with van der Waals surface area (Å²) in [5.74, 6) is 0.436. The molecule has 1 saturated heterocycles. The number of nitrogens with one attached hydrogen (secondary N) is 2. The van der Waals surface area contributed by atoms with Crippen molar-refractivity contribution in [2.75, 3.05) is 11.9 Å². The van der Waals surface area contributed by atoms with Gasteiger partial charge in [0.15, 0.2) is 0 Å². The summed E-state index contributed by atoms with van der Waals surface area (Å²) in [5, 5.41) is 16.0. The average Bonchev–Trinajstić information content (AvgIpc) is 3.27. The largest absolute Gasteiger partial charge is 0.487 e. The molecule has 192 valence electrons. The Bertz CT molecular complexity index is 1240. The fraction of sp³-hybridized carbons (Fsp3) is 0.345. The molecular weight excluding hydrogens is 470 g/mol. The number of benzene rings is 2. The number of ether oxygens (including phenoxy) is 2. The van der Waals surface area contributed by atoms with Gasteiger partial charge in [-0.1, -0.05) is 30.3 Å². The third-order valence-corrected chi connectivity index (χ3v) is 6.99. The van der Waals surface area contributed by atoms with Crippen LogP contribution in [0.15, 0.2) is 73.1 Å². The number of fused-ring (bicyclic) bond motifs is 3. The van der Waals surface area contributed by atoms with E-state index in [2.05, 4.69) is 15.6 Å². The number of hydrogen-bond acceptors (Lipinski definition) is 6. The Kier molecular flexibility index (Phi) is 7.48. The topological polar surface area (TPSA) is 110 Å². The number of pyridine rings is 1. The lowest BCUT2D eigenvalue weighted by Gasteiger charge is -2.37. The lowest BCUT2D eigenvalue weighted by Crippen LogP contribution is -2.47. The Labute approximate surface area is 216 Å². The minimum Gasteiger partial charge on any atom is -0.487 e. The van der Waals surface area contributed by atoms with Gasteiger partial charge in [0.2, 0.25) is 11.8 Å². The van der Waals surface area contributed by atoms with Crippen LogP contribution in [0.25, 0.3) is 0 Å². The Balaban J connectivity index is 1.25. The van der Waals surface area contributed by atoms with E-state index in [0.29, 0.717) is 17.9 Å².